The van der Waals surface area contributed by atoms with Crippen LogP contribution < -0.4 is 11.1 Å². The zero-order chi connectivity index (χ0) is 10.4. The normalized spacial score (nSPS) is 23.4. The van der Waals surface area contributed by atoms with Gasteiger partial charge in [-0.2, -0.15) is 0 Å². The van der Waals surface area contributed by atoms with Crippen molar-refractivity contribution in [2.75, 3.05) is 19.6 Å². The Morgan fingerprint density at radius 1 is 1.57 bits per heavy atom. The molecule has 0 aromatic carbocycles. The molecule has 82 valence electrons. The molecule has 1 aliphatic rings. The Hall–Kier alpha value is -0.770. The van der Waals surface area contributed by atoms with E-state index in [1.54, 1.807) is 0 Å². The van der Waals surface area contributed by atoms with E-state index in [1.165, 1.54) is 25.8 Å². The molecule has 4 N–H and O–H groups in total. The Labute approximate surface area is 86.4 Å². The number of rotatable bonds is 4. The fourth-order valence-electron chi connectivity index (χ4n) is 1.99. The van der Waals surface area contributed by atoms with E-state index in [1.807, 2.05) is 0 Å². The topological polar surface area (TPSA) is 65.1 Å². The van der Waals surface area contributed by atoms with E-state index >= 15 is 0 Å². The highest BCUT2D eigenvalue weighted by molar-refractivity contribution is 5.74. The SMILES string of the molecule is CC1CCCCN1CCCNC(=N)N. The van der Waals surface area contributed by atoms with Crippen molar-refractivity contribution < 1.29 is 0 Å². The first-order valence-corrected chi connectivity index (χ1v) is 5.52. The zero-order valence-electron chi connectivity index (χ0n) is 9.05. The van der Waals surface area contributed by atoms with Gasteiger partial charge in [-0.15, -0.1) is 0 Å². The third-order valence-electron chi connectivity index (χ3n) is 2.88. The van der Waals surface area contributed by atoms with Crippen molar-refractivity contribution in [3.05, 3.63) is 0 Å². The van der Waals surface area contributed by atoms with Crippen LogP contribution in [0, 0.1) is 5.41 Å². The number of hydrogen-bond donors (Lipinski definition) is 3. The number of nitrogens with zero attached hydrogens (tertiary/aromatic N) is 1. The Morgan fingerprint density at radius 3 is 3.00 bits per heavy atom. The van der Waals surface area contributed by atoms with Crippen molar-refractivity contribution in [1.29, 1.82) is 5.41 Å². The molecule has 1 atom stereocenters. The standard InChI is InChI=1S/C10H22N4/c1-9-5-2-3-7-14(9)8-4-6-13-10(11)12/h9H,2-8H2,1H3,(H4,11,12,13). The number of piperidine rings is 1. The number of nitrogens with two attached hydrogens (primary N) is 1. The molecular formula is C10H22N4. The average molecular weight is 198 g/mol. The highest BCUT2D eigenvalue weighted by Crippen LogP contribution is 2.15. The van der Waals surface area contributed by atoms with E-state index < -0.39 is 0 Å². The largest absolute Gasteiger partial charge is 0.370 e. The minimum absolute atomic E-state index is 0.0803. The van der Waals surface area contributed by atoms with E-state index in [2.05, 4.69) is 17.1 Å². The van der Waals surface area contributed by atoms with Gasteiger partial charge in [0.1, 0.15) is 0 Å². The van der Waals surface area contributed by atoms with E-state index in [4.69, 9.17) is 11.1 Å². The molecule has 1 heterocycles. The van der Waals surface area contributed by atoms with Crippen LogP contribution in [0.3, 0.4) is 0 Å². The summed E-state index contributed by atoms with van der Waals surface area (Å²) in [5.41, 5.74) is 5.20. The lowest BCUT2D eigenvalue weighted by atomic mass is 10.0. The Bertz CT molecular complexity index is 181. The highest BCUT2D eigenvalue weighted by atomic mass is 15.2. The first kappa shape index (κ1) is 11.3. The molecule has 0 spiro atoms. The summed E-state index contributed by atoms with van der Waals surface area (Å²) in [7, 11) is 0. The van der Waals surface area contributed by atoms with E-state index in [9.17, 15) is 0 Å². The van der Waals surface area contributed by atoms with Gasteiger partial charge >= 0.3 is 0 Å². The highest BCUT2D eigenvalue weighted by Gasteiger charge is 2.16. The predicted molar refractivity (Wildman–Crippen MR) is 59.4 cm³/mol. The van der Waals surface area contributed by atoms with E-state index in [-0.39, 0.29) is 5.96 Å². The molecule has 0 aliphatic carbocycles. The molecule has 0 saturated carbocycles. The average Bonchev–Trinajstić information content (AvgIpc) is 2.15. The number of guanidine groups is 1. The van der Waals surface area contributed by atoms with Crippen LogP contribution in [0.2, 0.25) is 0 Å². The Balaban J connectivity index is 2.07. The molecule has 1 unspecified atom stereocenters. The predicted octanol–water partition coefficient (Wildman–Crippen LogP) is 0.734. The van der Waals surface area contributed by atoms with Crippen molar-refractivity contribution in [2.45, 2.75) is 38.6 Å². The van der Waals surface area contributed by atoms with Gasteiger partial charge < -0.3 is 16.0 Å². The maximum Gasteiger partial charge on any atom is 0.185 e. The monoisotopic (exact) mass is 198 g/mol. The Morgan fingerprint density at radius 2 is 2.36 bits per heavy atom. The van der Waals surface area contributed by atoms with Gasteiger partial charge in [-0.25, -0.2) is 0 Å². The fraction of sp³-hybridized carbons (Fsp3) is 0.900. The molecule has 1 saturated heterocycles. The van der Waals surface area contributed by atoms with Gasteiger partial charge in [0.25, 0.3) is 0 Å². The minimum atomic E-state index is 0.0803. The van der Waals surface area contributed by atoms with Crippen LogP contribution in [0.4, 0.5) is 0 Å². The van der Waals surface area contributed by atoms with Crippen LogP contribution in [0.5, 0.6) is 0 Å². The van der Waals surface area contributed by atoms with Crippen molar-refractivity contribution >= 4 is 5.96 Å². The van der Waals surface area contributed by atoms with Gasteiger partial charge in [-0.1, -0.05) is 6.42 Å². The number of hydrogen-bond acceptors (Lipinski definition) is 2. The second-order valence-electron chi connectivity index (χ2n) is 4.07. The smallest absolute Gasteiger partial charge is 0.185 e. The summed E-state index contributed by atoms with van der Waals surface area (Å²) in [6.07, 6.45) is 5.12. The van der Waals surface area contributed by atoms with Crippen LogP contribution in [-0.2, 0) is 0 Å². The third kappa shape index (κ3) is 3.96. The third-order valence-corrected chi connectivity index (χ3v) is 2.88. The van der Waals surface area contributed by atoms with Gasteiger partial charge in [-0.3, -0.25) is 5.41 Å². The van der Waals surface area contributed by atoms with Crippen LogP contribution >= 0.6 is 0 Å². The first-order valence-electron chi connectivity index (χ1n) is 5.52. The number of nitrogens with one attached hydrogen (secondary N) is 2. The summed E-state index contributed by atoms with van der Waals surface area (Å²) < 4.78 is 0. The lowest BCUT2D eigenvalue weighted by molar-refractivity contribution is 0.159. The van der Waals surface area contributed by atoms with Crippen molar-refractivity contribution in [3.8, 4) is 0 Å². The summed E-state index contributed by atoms with van der Waals surface area (Å²) >= 11 is 0. The Kier molecular flexibility index (Phi) is 4.73. The van der Waals surface area contributed by atoms with Crippen molar-refractivity contribution in [1.82, 2.24) is 10.2 Å². The van der Waals surface area contributed by atoms with Gasteiger partial charge in [0.05, 0.1) is 0 Å². The summed E-state index contributed by atoms with van der Waals surface area (Å²) in [5, 5.41) is 9.84. The lowest BCUT2D eigenvalue weighted by Gasteiger charge is -2.33. The molecule has 0 aromatic rings. The summed E-state index contributed by atoms with van der Waals surface area (Å²) in [5.74, 6) is 0.0803. The zero-order valence-corrected chi connectivity index (χ0v) is 9.05. The summed E-state index contributed by atoms with van der Waals surface area (Å²) in [4.78, 5) is 2.53. The van der Waals surface area contributed by atoms with Crippen molar-refractivity contribution in [3.63, 3.8) is 0 Å². The van der Waals surface area contributed by atoms with Gasteiger partial charge in [0.15, 0.2) is 5.96 Å². The van der Waals surface area contributed by atoms with Crippen molar-refractivity contribution in [2.24, 2.45) is 5.73 Å². The van der Waals surface area contributed by atoms with Gasteiger partial charge in [0.2, 0.25) is 0 Å². The molecule has 1 aliphatic heterocycles. The van der Waals surface area contributed by atoms with Crippen LogP contribution in [-0.4, -0.2) is 36.5 Å². The molecule has 0 aromatic heterocycles. The molecule has 4 nitrogen and oxygen atoms in total. The molecule has 1 rings (SSSR count). The molecule has 14 heavy (non-hydrogen) atoms. The summed E-state index contributed by atoms with van der Waals surface area (Å²) in [6.45, 7) is 5.48. The lowest BCUT2D eigenvalue weighted by Crippen LogP contribution is -2.39. The molecule has 0 radical (unpaired) electrons. The van der Waals surface area contributed by atoms with Crippen LogP contribution in [0.1, 0.15) is 32.6 Å². The molecular weight excluding hydrogens is 176 g/mol. The van der Waals surface area contributed by atoms with Gasteiger partial charge in [0, 0.05) is 19.1 Å². The molecule has 1 fully saturated rings. The number of likely N-dealkylation sites (tertiary alicyclic amines) is 1. The molecule has 0 amide bonds. The fourth-order valence-corrected chi connectivity index (χ4v) is 1.99. The minimum Gasteiger partial charge on any atom is -0.370 e. The maximum absolute atomic E-state index is 7.01. The van der Waals surface area contributed by atoms with E-state index in [0.29, 0.717) is 0 Å². The van der Waals surface area contributed by atoms with Crippen LogP contribution in [0.25, 0.3) is 0 Å². The quantitative estimate of drug-likeness (QED) is 0.354. The molecule has 0 bridgehead atoms. The first-order chi connectivity index (χ1) is 6.70. The van der Waals surface area contributed by atoms with Crippen LogP contribution in [0.15, 0.2) is 0 Å². The second-order valence-corrected chi connectivity index (χ2v) is 4.07. The van der Waals surface area contributed by atoms with E-state index in [0.717, 1.165) is 25.6 Å². The second kappa shape index (κ2) is 5.86. The molecule has 4 heteroatoms. The summed E-state index contributed by atoms with van der Waals surface area (Å²) in [6, 6.07) is 0.737. The maximum atomic E-state index is 7.01. The van der Waals surface area contributed by atoms with Gasteiger partial charge in [-0.05, 0) is 32.7 Å².